The van der Waals surface area contributed by atoms with Crippen molar-refractivity contribution in [3.8, 4) is 0 Å². The molecule has 0 aliphatic carbocycles. The molecule has 1 aliphatic rings. The number of nitrogens with zero attached hydrogens (tertiary/aromatic N) is 2. The number of hydrogen-bond donors (Lipinski definition) is 1. The fraction of sp³-hybridized carbons (Fsp3) is 0.615. The lowest BCUT2D eigenvalue weighted by atomic mass is 9.97. The molecule has 0 radical (unpaired) electrons. The van der Waals surface area contributed by atoms with Gasteiger partial charge in [-0.2, -0.15) is 13.2 Å². The molecule has 6 heteroatoms. The zero-order valence-electron chi connectivity index (χ0n) is 10.9. The van der Waals surface area contributed by atoms with Crippen LogP contribution in [0.15, 0.2) is 18.3 Å². The fourth-order valence-corrected chi connectivity index (χ4v) is 2.37. The molecule has 19 heavy (non-hydrogen) atoms. The largest absolute Gasteiger partial charge is 0.393 e. The number of anilines is 2. The summed E-state index contributed by atoms with van der Waals surface area (Å²) in [7, 11) is 0. The molecule has 106 valence electrons. The Morgan fingerprint density at radius 3 is 2.95 bits per heavy atom. The molecule has 1 aromatic heterocycles. The third-order valence-corrected chi connectivity index (χ3v) is 3.35. The van der Waals surface area contributed by atoms with Crippen LogP contribution in [0, 0.1) is 5.92 Å². The van der Waals surface area contributed by atoms with Crippen LogP contribution in [0.4, 0.5) is 24.7 Å². The van der Waals surface area contributed by atoms with Crippen molar-refractivity contribution in [3.63, 3.8) is 0 Å². The van der Waals surface area contributed by atoms with Crippen molar-refractivity contribution in [1.82, 2.24) is 4.98 Å². The van der Waals surface area contributed by atoms with E-state index in [1.807, 2.05) is 13.0 Å². The van der Waals surface area contributed by atoms with Crippen LogP contribution in [0.1, 0.15) is 19.8 Å². The molecular formula is C13H18F3N3. The quantitative estimate of drug-likeness (QED) is 0.916. The van der Waals surface area contributed by atoms with E-state index in [1.54, 1.807) is 17.2 Å². The molecule has 0 aromatic carbocycles. The molecule has 1 aromatic rings. The van der Waals surface area contributed by atoms with Crippen molar-refractivity contribution in [2.75, 3.05) is 29.9 Å². The Bertz CT molecular complexity index is 420. The normalized spacial score (nSPS) is 20.4. The van der Waals surface area contributed by atoms with Crippen molar-refractivity contribution < 1.29 is 13.2 Å². The monoisotopic (exact) mass is 273 g/mol. The predicted octanol–water partition coefficient (Wildman–Crippen LogP) is 3.29. The van der Waals surface area contributed by atoms with Gasteiger partial charge in [-0.05, 0) is 25.8 Å². The number of alkyl halides is 3. The van der Waals surface area contributed by atoms with Gasteiger partial charge in [0.15, 0.2) is 0 Å². The van der Waals surface area contributed by atoms with E-state index < -0.39 is 12.1 Å². The van der Waals surface area contributed by atoms with Gasteiger partial charge in [-0.1, -0.05) is 0 Å². The molecule has 0 spiro atoms. The van der Waals surface area contributed by atoms with Gasteiger partial charge in [-0.15, -0.1) is 0 Å². The van der Waals surface area contributed by atoms with E-state index in [4.69, 9.17) is 0 Å². The van der Waals surface area contributed by atoms with Crippen molar-refractivity contribution in [3.05, 3.63) is 18.3 Å². The molecule has 2 rings (SSSR count). The zero-order chi connectivity index (χ0) is 13.9. The van der Waals surface area contributed by atoms with E-state index in [0.717, 1.165) is 12.2 Å². The summed E-state index contributed by atoms with van der Waals surface area (Å²) in [6.07, 6.45) is -1.67. The highest BCUT2D eigenvalue weighted by Crippen LogP contribution is 2.34. The van der Waals surface area contributed by atoms with E-state index in [9.17, 15) is 13.2 Å². The highest BCUT2D eigenvalue weighted by Gasteiger charge is 2.41. The summed E-state index contributed by atoms with van der Waals surface area (Å²) < 4.78 is 38.3. The van der Waals surface area contributed by atoms with Crippen LogP contribution in [-0.4, -0.2) is 30.8 Å². The first-order chi connectivity index (χ1) is 9.00. The number of piperidine rings is 1. The lowest BCUT2D eigenvalue weighted by Crippen LogP contribution is -2.41. The molecule has 1 fully saturated rings. The first kappa shape index (κ1) is 14.0. The molecule has 2 heterocycles. The number of aromatic nitrogens is 1. The molecular weight excluding hydrogens is 255 g/mol. The van der Waals surface area contributed by atoms with Gasteiger partial charge in [0.2, 0.25) is 0 Å². The molecule has 1 unspecified atom stereocenters. The molecule has 0 saturated carbocycles. The number of rotatable bonds is 3. The summed E-state index contributed by atoms with van der Waals surface area (Å²) in [6.45, 7) is 3.40. The van der Waals surface area contributed by atoms with Gasteiger partial charge in [0.05, 0.1) is 5.92 Å². The van der Waals surface area contributed by atoms with Gasteiger partial charge in [-0.25, -0.2) is 4.98 Å². The summed E-state index contributed by atoms with van der Waals surface area (Å²) in [6, 6.07) is 3.57. The summed E-state index contributed by atoms with van der Waals surface area (Å²) in [4.78, 5) is 5.93. The van der Waals surface area contributed by atoms with Gasteiger partial charge in [0, 0.05) is 37.6 Å². The Kier molecular flexibility index (Phi) is 4.17. The van der Waals surface area contributed by atoms with E-state index >= 15 is 0 Å². The van der Waals surface area contributed by atoms with Gasteiger partial charge in [-0.3, -0.25) is 0 Å². The Balaban J connectivity index is 2.10. The van der Waals surface area contributed by atoms with Crippen molar-refractivity contribution in [2.24, 2.45) is 5.92 Å². The zero-order valence-corrected chi connectivity index (χ0v) is 10.9. The van der Waals surface area contributed by atoms with Crippen molar-refractivity contribution >= 4 is 11.5 Å². The molecule has 1 atom stereocenters. The second kappa shape index (κ2) is 5.67. The van der Waals surface area contributed by atoms with E-state index in [2.05, 4.69) is 10.3 Å². The van der Waals surface area contributed by atoms with E-state index in [1.165, 1.54) is 0 Å². The maximum Gasteiger partial charge on any atom is 0.393 e. The van der Waals surface area contributed by atoms with E-state index in [-0.39, 0.29) is 13.0 Å². The Morgan fingerprint density at radius 1 is 1.47 bits per heavy atom. The van der Waals surface area contributed by atoms with E-state index in [0.29, 0.717) is 18.8 Å². The van der Waals surface area contributed by atoms with Crippen molar-refractivity contribution in [1.29, 1.82) is 0 Å². The van der Waals surface area contributed by atoms with Gasteiger partial charge in [0.1, 0.15) is 5.82 Å². The van der Waals surface area contributed by atoms with Crippen LogP contribution in [-0.2, 0) is 0 Å². The molecule has 1 N–H and O–H groups in total. The standard InChI is InChI=1S/C13H18F3N3/c1-2-17-12-8-11(5-6-18-12)19-7-3-4-10(9-19)13(14,15)16/h5-6,8,10H,2-4,7,9H2,1H3,(H,17,18). The molecule has 1 aliphatic heterocycles. The average molecular weight is 273 g/mol. The van der Waals surface area contributed by atoms with Crippen LogP contribution in [0.5, 0.6) is 0 Å². The fourth-order valence-electron chi connectivity index (χ4n) is 2.37. The third-order valence-electron chi connectivity index (χ3n) is 3.35. The Morgan fingerprint density at radius 2 is 2.26 bits per heavy atom. The predicted molar refractivity (Wildman–Crippen MR) is 69.4 cm³/mol. The van der Waals surface area contributed by atoms with Crippen molar-refractivity contribution in [2.45, 2.75) is 25.9 Å². The minimum atomic E-state index is -4.10. The minimum Gasteiger partial charge on any atom is -0.371 e. The molecule has 1 saturated heterocycles. The molecule has 0 bridgehead atoms. The first-order valence-electron chi connectivity index (χ1n) is 6.52. The second-order valence-electron chi connectivity index (χ2n) is 4.76. The van der Waals surface area contributed by atoms with Crippen LogP contribution < -0.4 is 10.2 Å². The first-order valence-corrected chi connectivity index (χ1v) is 6.52. The minimum absolute atomic E-state index is 0.0408. The summed E-state index contributed by atoms with van der Waals surface area (Å²) in [5.74, 6) is -0.522. The SMILES string of the molecule is CCNc1cc(N2CCCC(C(F)(F)F)C2)ccn1. The number of nitrogens with one attached hydrogen (secondary N) is 1. The lowest BCUT2D eigenvalue weighted by molar-refractivity contribution is -0.175. The lowest BCUT2D eigenvalue weighted by Gasteiger charge is -2.35. The average Bonchev–Trinajstić information content (AvgIpc) is 2.39. The smallest absolute Gasteiger partial charge is 0.371 e. The van der Waals surface area contributed by atoms with Gasteiger partial charge < -0.3 is 10.2 Å². The summed E-state index contributed by atoms with van der Waals surface area (Å²) in [5, 5.41) is 3.07. The van der Waals surface area contributed by atoms with Gasteiger partial charge >= 0.3 is 6.18 Å². The van der Waals surface area contributed by atoms with Crippen LogP contribution in [0.2, 0.25) is 0 Å². The maximum atomic E-state index is 12.8. The third kappa shape index (κ3) is 3.52. The van der Waals surface area contributed by atoms with Crippen LogP contribution in [0.3, 0.4) is 0 Å². The Hall–Kier alpha value is -1.46. The van der Waals surface area contributed by atoms with Crippen LogP contribution >= 0.6 is 0 Å². The number of halogens is 3. The summed E-state index contributed by atoms with van der Waals surface area (Å²) >= 11 is 0. The molecule has 0 amide bonds. The maximum absolute atomic E-state index is 12.8. The summed E-state index contributed by atoms with van der Waals surface area (Å²) in [5.41, 5.74) is 0.805. The van der Waals surface area contributed by atoms with Crippen LogP contribution in [0.25, 0.3) is 0 Å². The highest BCUT2D eigenvalue weighted by molar-refractivity contribution is 5.54. The Labute approximate surface area is 110 Å². The number of hydrogen-bond acceptors (Lipinski definition) is 3. The second-order valence-corrected chi connectivity index (χ2v) is 4.76. The molecule has 3 nitrogen and oxygen atoms in total. The topological polar surface area (TPSA) is 28.2 Å². The number of pyridine rings is 1. The van der Waals surface area contributed by atoms with Gasteiger partial charge in [0.25, 0.3) is 0 Å². The highest BCUT2D eigenvalue weighted by atomic mass is 19.4.